The lowest BCUT2D eigenvalue weighted by molar-refractivity contribution is -0.159. The zero-order valence-corrected chi connectivity index (χ0v) is 25.4. The van der Waals surface area contributed by atoms with Gasteiger partial charge >= 0.3 is 11.9 Å². The Morgan fingerprint density at radius 2 is 0.683 bits per heavy atom. The lowest BCUT2D eigenvalue weighted by Gasteiger charge is -2.06. The molecule has 0 heterocycles. The number of esters is 2. The van der Waals surface area contributed by atoms with Gasteiger partial charge in [-0.2, -0.15) is 0 Å². The van der Waals surface area contributed by atoms with Gasteiger partial charge in [0.05, 0.1) is 13.2 Å². The smallest absolute Gasteiger partial charge is 0.313 e. The molecule has 0 saturated carbocycles. The number of rotatable bonds is 26. The molecular formula is C36H54O5. The molecule has 0 N–H and O–H groups in total. The third-order valence-electron chi connectivity index (χ3n) is 7.30. The second-order valence-electron chi connectivity index (χ2n) is 11.0. The number of hydrogen-bond donors (Lipinski definition) is 0. The van der Waals surface area contributed by atoms with Crippen molar-refractivity contribution < 1.29 is 23.8 Å². The van der Waals surface area contributed by atoms with Crippen molar-refractivity contribution in [3.8, 4) is 11.5 Å². The highest BCUT2D eigenvalue weighted by molar-refractivity contribution is 5.85. The minimum Gasteiger partial charge on any atom is -0.494 e. The topological polar surface area (TPSA) is 61.8 Å². The van der Waals surface area contributed by atoms with Crippen LogP contribution in [0.3, 0.4) is 0 Å². The fraction of sp³-hybridized carbons (Fsp3) is 0.611. The maximum Gasteiger partial charge on any atom is 0.313 e. The Morgan fingerprint density at radius 3 is 1.02 bits per heavy atom. The molecular weight excluding hydrogens is 512 g/mol. The lowest BCUT2D eigenvalue weighted by Crippen LogP contribution is -2.11. The minimum atomic E-state index is -0.359. The molecule has 0 unspecified atom stereocenters. The predicted octanol–water partition coefficient (Wildman–Crippen LogP) is 10.0. The SMILES string of the molecule is O=C(CCCCCCCCCCCOc1ccccc1)OC(=O)CCCCCCCCCCCOc1ccccc1. The number of unbranched alkanes of at least 4 members (excludes halogenated alkanes) is 16. The van der Waals surface area contributed by atoms with Gasteiger partial charge in [0, 0.05) is 12.8 Å². The Balaban J connectivity index is 1.25. The number of hydrogen-bond acceptors (Lipinski definition) is 5. The summed E-state index contributed by atoms with van der Waals surface area (Å²) in [5.74, 6) is 1.18. The van der Waals surface area contributed by atoms with Gasteiger partial charge in [-0.3, -0.25) is 9.59 Å². The predicted molar refractivity (Wildman–Crippen MR) is 167 cm³/mol. The highest BCUT2D eigenvalue weighted by Gasteiger charge is 2.10. The summed E-state index contributed by atoms with van der Waals surface area (Å²) in [4.78, 5) is 23.8. The molecule has 0 atom stereocenters. The van der Waals surface area contributed by atoms with Crippen LogP contribution in [0.1, 0.15) is 128 Å². The summed E-state index contributed by atoms with van der Waals surface area (Å²) >= 11 is 0. The number of benzene rings is 2. The molecule has 0 fully saturated rings. The monoisotopic (exact) mass is 566 g/mol. The fourth-order valence-electron chi connectivity index (χ4n) is 4.86. The van der Waals surface area contributed by atoms with E-state index in [1.54, 1.807) is 0 Å². The van der Waals surface area contributed by atoms with E-state index in [2.05, 4.69) is 0 Å². The van der Waals surface area contributed by atoms with Gasteiger partial charge in [0.15, 0.2) is 0 Å². The number of ether oxygens (including phenoxy) is 3. The maximum atomic E-state index is 11.9. The van der Waals surface area contributed by atoms with Crippen molar-refractivity contribution >= 4 is 11.9 Å². The van der Waals surface area contributed by atoms with Crippen molar-refractivity contribution in [2.24, 2.45) is 0 Å². The summed E-state index contributed by atoms with van der Waals surface area (Å²) < 4.78 is 16.4. The van der Waals surface area contributed by atoms with Gasteiger partial charge in [0.2, 0.25) is 0 Å². The third-order valence-corrected chi connectivity index (χ3v) is 7.30. The summed E-state index contributed by atoms with van der Waals surface area (Å²) in [6.45, 7) is 1.58. The number of carbonyl (C=O) groups is 2. The molecule has 0 aliphatic heterocycles. The average Bonchev–Trinajstić information content (AvgIpc) is 2.99. The molecule has 0 radical (unpaired) electrons. The zero-order chi connectivity index (χ0) is 29.1. The first-order valence-electron chi connectivity index (χ1n) is 16.3. The highest BCUT2D eigenvalue weighted by atomic mass is 16.6. The van der Waals surface area contributed by atoms with E-state index >= 15 is 0 Å². The van der Waals surface area contributed by atoms with E-state index in [0.29, 0.717) is 12.8 Å². The van der Waals surface area contributed by atoms with Crippen LogP contribution in [0.25, 0.3) is 0 Å². The normalized spacial score (nSPS) is 10.8. The molecule has 0 aromatic heterocycles. The summed E-state index contributed by atoms with van der Waals surface area (Å²) in [7, 11) is 0. The molecule has 2 rings (SSSR count). The molecule has 41 heavy (non-hydrogen) atoms. The Morgan fingerprint density at radius 1 is 0.390 bits per heavy atom. The molecule has 0 aliphatic rings. The second-order valence-corrected chi connectivity index (χ2v) is 11.0. The van der Waals surface area contributed by atoms with Crippen molar-refractivity contribution in [1.82, 2.24) is 0 Å². The quantitative estimate of drug-likeness (QED) is 0.0644. The molecule has 228 valence electrons. The van der Waals surface area contributed by atoms with Crippen LogP contribution < -0.4 is 9.47 Å². The molecule has 5 heteroatoms. The number of carbonyl (C=O) groups excluding carboxylic acids is 2. The lowest BCUT2D eigenvalue weighted by atomic mass is 10.1. The molecule has 5 nitrogen and oxygen atoms in total. The van der Waals surface area contributed by atoms with E-state index in [0.717, 1.165) is 76.1 Å². The van der Waals surface area contributed by atoms with Gasteiger partial charge in [0.1, 0.15) is 11.5 Å². The van der Waals surface area contributed by atoms with Crippen LogP contribution in [0.2, 0.25) is 0 Å². The van der Waals surface area contributed by atoms with Crippen LogP contribution >= 0.6 is 0 Å². The second kappa shape index (κ2) is 24.9. The van der Waals surface area contributed by atoms with Crippen molar-refractivity contribution in [3.05, 3.63) is 60.7 Å². The Hall–Kier alpha value is -2.82. The molecule has 0 spiro atoms. The molecule has 2 aromatic rings. The Kier molecular flexibility index (Phi) is 20.9. The summed E-state index contributed by atoms with van der Waals surface area (Å²) in [5, 5.41) is 0. The van der Waals surface area contributed by atoms with Gasteiger partial charge in [0.25, 0.3) is 0 Å². The van der Waals surface area contributed by atoms with Crippen molar-refractivity contribution in [1.29, 1.82) is 0 Å². The summed E-state index contributed by atoms with van der Waals surface area (Å²) in [6, 6.07) is 20.0. The van der Waals surface area contributed by atoms with Gasteiger partial charge in [-0.1, -0.05) is 126 Å². The maximum absolute atomic E-state index is 11.9. The van der Waals surface area contributed by atoms with Crippen LogP contribution in [-0.2, 0) is 14.3 Å². The molecule has 0 aliphatic carbocycles. The van der Waals surface area contributed by atoms with Crippen molar-refractivity contribution in [2.45, 2.75) is 128 Å². The molecule has 2 aromatic carbocycles. The summed E-state index contributed by atoms with van der Waals surface area (Å²) in [6.07, 6.45) is 21.2. The zero-order valence-electron chi connectivity index (χ0n) is 25.4. The van der Waals surface area contributed by atoms with E-state index in [9.17, 15) is 9.59 Å². The van der Waals surface area contributed by atoms with E-state index in [4.69, 9.17) is 14.2 Å². The van der Waals surface area contributed by atoms with Crippen LogP contribution in [0.5, 0.6) is 11.5 Å². The van der Waals surface area contributed by atoms with Crippen LogP contribution in [0.4, 0.5) is 0 Å². The Labute approximate surface area is 249 Å². The number of para-hydroxylation sites is 2. The first kappa shape index (κ1) is 34.4. The molecule has 0 bridgehead atoms. The first-order valence-corrected chi connectivity index (χ1v) is 16.3. The molecule has 0 saturated heterocycles. The van der Waals surface area contributed by atoms with Crippen LogP contribution in [0.15, 0.2) is 60.7 Å². The van der Waals surface area contributed by atoms with Crippen LogP contribution in [0, 0.1) is 0 Å². The average molecular weight is 567 g/mol. The first-order chi connectivity index (χ1) is 20.2. The summed E-state index contributed by atoms with van der Waals surface area (Å²) in [5.41, 5.74) is 0. The highest BCUT2D eigenvalue weighted by Crippen LogP contribution is 2.14. The minimum absolute atomic E-state index is 0.353. The van der Waals surface area contributed by atoms with E-state index in [1.165, 1.54) is 64.2 Å². The van der Waals surface area contributed by atoms with E-state index < -0.39 is 0 Å². The van der Waals surface area contributed by atoms with Gasteiger partial charge in [-0.05, 0) is 49.9 Å². The van der Waals surface area contributed by atoms with E-state index in [1.807, 2.05) is 60.7 Å². The van der Waals surface area contributed by atoms with Gasteiger partial charge < -0.3 is 14.2 Å². The third kappa shape index (κ3) is 20.7. The van der Waals surface area contributed by atoms with Crippen molar-refractivity contribution in [2.75, 3.05) is 13.2 Å². The Bertz CT molecular complexity index is 810. The molecule has 0 amide bonds. The van der Waals surface area contributed by atoms with Crippen LogP contribution in [-0.4, -0.2) is 25.2 Å². The van der Waals surface area contributed by atoms with E-state index in [-0.39, 0.29) is 11.9 Å². The largest absolute Gasteiger partial charge is 0.494 e. The fourth-order valence-corrected chi connectivity index (χ4v) is 4.86. The standard InChI is InChI=1S/C36H54O5/c37-35(29-21-11-7-3-1-5-9-13-23-31-39-33-25-17-15-18-26-33)41-36(38)30-22-12-8-4-2-6-10-14-24-32-40-34-27-19-16-20-28-34/h15-20,25-28H,1-14,21-24,29-32H2. The van der Waals surface area contributed by atoms with Gasteiger partial charge in [-0.15, -0.1) is 0 Å². The van der Waals surface area contributed by atoms with Crippen molar-refractivity contribution in [3.63, 3.8) is 0 Å². The van der Waals surface area contributed by atoms with Gasteiger partial charge in [-0.25, -0.2) is 0 Å².